The van der Waals surface area contributed by atoms with Gasteiger partial charge >= 0.3 is 0 Å². The molecular formula is C17H21N5O3. The van der Waals surface area contributed by atoms with Crippen molar-refractivity contribution in [3.8, 4) is 0 Å². The zero-order chi connectivity index (χ0) is 17.4. The first-order valence-corrected chi connectivity index (χ1v) is 8.64. The van der Waals surface area contributed by atoms with Gasteiger partial charge in [-0.05, 0) is 25.5 Å². The molecule has 2 atom stereocenters. The fraction of sp³-hybridized carbons (Fsp3) is 0.529. The Bertz CT molecular complexity index is 782. The molecule has 8 heteroatoms. The molecule has 1 saturated heterocycles. The van der Waals surface area contributed by atoms with Crippen molar-refractivity contribution in [2.45, 2.75) is 45.3 Å². The number of nitrogens with one attached hydrogen (secondary N) is 1. The van der Waals surface area contributed by atoms with Crippen LogP contribution < -0.4 is 5.32 Å². The van der Waals surface area contributed by atoms with E-state index in [2.05, 4.69) is 20.1 Å². The lowest BCUT2D eigenvalue weighted by Gasteiger charge is -2.17. The number of amides is 2. The highest BCUT2D eigenvalue weighted by Crippen LogP contribution is 2.23. The highest BCUT2D eigenvalue weighted by molar-refractivity contribution is 5.89. The highest BCUT2D eigenvalue weighted by Gasteiger charge is 2.35. The van der Waals surface area contributed by atoms with Crippen molar-refractivity contribution >= 4 is 11.8 Å². The summed E-state index contributed by atoms with van der Waals surface area (Å²) in [7, 11) is 0. The first kappa shape index (κ1) is 15.9. The van der Waals surface area contributed by atoms with Crippen LogP contribution >= 0.6 is 0 Å². The number of rotatable bonds is 5. The molecule has 0 unspecified atom stereocenters. The molecule has 1 N–H and O–H groups in total. The van der Waals surface area contributed by atoms with Crippen molar-refractivity contribution in [2.75, 3.05) is 6.54 Å². The third-order valence-electron chi connectivity index (χ3n) is 4.90. The molecule has 0 aromatic carbocycles. The number of hydrogen-bond acceptors (Lipinski definition) is 5. The summed E-state index contributed by atoms with van der Waals surface area (Å²) < 4.78 is 7.36. The van der Waals surface area contributed by atoms with Crippen LogP contribution in [-0.4, -0.2) is 38.0 Å². The van der Waals surface area contributed by atoms with Crippen molar-refractivity contribution in [1.82, 2.24) is 25.0 Å². The Hall–Kier alpha value is -2.64. The van der Waals surface area contributed by atoms with E-state index < -0.39 is 0 Å². The summed E-state index contributed by atoms with van der Waals surface area (Å²) >= 11 is 0. The van der Waals surface area contributed by atoms with Gasteiger partial charge in [-0.1, -0.05) is 0 Å². The zero-order valence-electron chi connectivity index (χ0n) is 14.1. The number of hydrogen-bond donors (Lipinski definition) is 1. The van der Waals surface area contributed by atoms with Crippen molar-refractivity contribution in [1.29, 1.82) is 0 Å². The molecule has 0 saturated carbocycles. The van der Waals surface area contributed by atoms with E-state index in [1.54, 1.807) is 17.2 Å². The molecule has 132 valence electrons. The Balaban J connectivity index is 1.37. The molecule has 2 aromatic rings. The second kappa shape index (κ2) is 6.34. The summed E-state index contributed by atoms with van der Waals surface area (Å²) in [4.78, 5) is 26.4. The molecule has 8 nitrogen and oxygen atoms in total. The van der Waals surface area contributed by atoms with Gasteiger partial charge in [-0.25, -0.2) is 0 Å². The third kappa shape index (κ3) is 3.04. The average Bonchev–Trinajstić information content (AvgIpc) is 3.32. The minimum absolute atomic E-state index is 0.0208. The lowest BCUT2D eigenvalue weighted by atomic mass is 10.1. The van der Waals surface area contributed by atoms with E-state index in [9.17, 15) is 9.59 Å². The van der Waals surface area contributed by atoms with Crippen LogP contribution in [0.1, 0.15) is 43.2 Å². The van der Waals surface area contributed by atoms with Gasteiger partial charge in [0, 0.05) is 25.9 Å². The quantitative estimate of drug-likeness (QED) is 0.876. The van der Waals surface area contributed by atoms with Crippen molar-refractivity contribution < 1.29 is 14.0 Å². The SMILES string of the molecule is C[C@@H](NC(=O)[C@H]1CC(=O)N(Cc2ccco2)C1)c1nnc2n1CCC2. The maximum absolute atomic E-state index is 12.6. The van der Waals surface area contributed by atoms with E-state index in [0.29, 0.717) is 13.1 Å². The predicted octanol–water partition coefficient (Wildman–Crippen LogP) is 1.04. The lowest BCUT2D eigenvalue weighted by molar-refractivity contribution is -0.129. The number of nitrogens with zero attached hydrogens (tertiary/aromatic N) is 4. The topological polar surface area (TPSA) is 93.3 Å². The van der Waals surface area contributed by atoms with Gasteiger partial charge in [0.05, 0.1) is 24.8 Å². The van der Waals surface area contributed by atoms with Crippen LogP contribution in [-0.2, 0) is 29.1 Å². The molecule has 0 radical (unpaired) electrons. The zero-order valence-corrected chi connectivity index (χ0v) is 14.1. The molecule has 25 heavy (non-hydrogen) atoms. The number of carbonyl (C=O) groups is 2. The Morgan fingerprint density at radius 1 is 1.48 bits per heavy atom. The normalized spacial score (nSPS) is 20.8. The highest BCUT2D eigenvalue weighted by atomic mass is 16.3. The first-order chi connectivity index (χ1) is 12.1. The van der Waals surface area contributed by atoms with Crippen LogP contribution in [0.4, 0.5) is 0 Å². The van der Waals surface area contributed by atoms with E-state index >= 15 is 0 Å². The van der Waals surface area contributed by atoms with Crippen LogP contribution in [0.15, 0.2) is 22.8 Å². The summed E-state index contributed by atoms with van der Waals surface area (Å²) in [6.45, 7) is 3.63. The standard InChI is InChI=1S/C17H21N5O3/c1-11(16-20-19-14-5-2-6-22(14)16)18-17(24)12-8-15(23)21(9-12)10-13-4-3-7-25-13/h3-4,7,11-12H,2,5-6,8-10H2,1H3,(H,18,24)/t11-,12+/m1/s1. The van der Waals surface area contributed by atoms with Gasteiger partial charge in [0.25, 0.3) is 0 Å². The van der Waals surface area contributed by atoms with E-state index in [1.165, 1.54) is 0 Å². The van der Waals surface area contributed by atoms with Gasteiger partial charge in [0.15, 0.2) is 5.82 Å². The number of likely N-dealkylation sites (tertiary alicyclic amines) is 1. The molecule has 0 spiro atoms. The first-order valence-electron chi connectivity index (χ1n) is 8.64. The molecule has 1 fully saturated rings. The number of furan rings is 1. The van der Waals surface area contributed by atoms with Crippen LogP contribution in [0.5, 0.6) is 0 Å². The fourth-order valence-corrected chi connectivity index (χ4v) is 3.58. The van der Waals surface area contributed by atoms with Crippen LogP contribution in [0.3, 0.4) is 0 Å². The molecule has 4 heterocycles. The summed E-state index contributed by atoms with van der Waals surface area (Å²) in [6, 6.07) is 3.40. The monoisotopic (exact) mass is 343 g/mol. The summed E-state index contributed by atoms with van der Waals surface area (Å²) in [6.07, 6.45) is 3.82. The molecule has 4 rings (SSSR count). The van der Waals surface area contributed by atoms with Gasteiger partial charge in [-0.15, -0.1) is 10.2 Å². The molecular weight excluding hydrogens is 322 g/mol. The minimum Gasteiger partial charge on any atom is -0.467 e. The number of aryl methyl sites for hydroxylation is 1. The molecule has 0 aliphatic carbocycles. The van der Waals surface area contributed by atoms with Gasteiger partial charge in [-0.2, -0.15) is 0 Å². The second-order valence-corrected chi connectivity index (χ2v) is 6.71. The second-order valence-electron chi connectivity index (χ2n) is 6.71. The number of fused-ring (bicyclic) bond motifs is 1. The van der Waals surface area contributed by atoms with Gasteiger partial charge in [0.2, 0.25) is 11.8 Å². The Kier molecular flexibility index (Phi) is 4.03. The van der Waals surface area contributed by atoms with Crippen molar-refractivity contribution in [3.05, 3.63) is 35.8 Å². The number of carbonyl (C=O) groups excluding carboxylic acids is 2. The summed E-state index contributed by atoms with van der Waals surface area (Å²) in [5.41, 5.74) is 0. The number of aromatic nitrogens is 3. The summed E-state index contributed by atoms with van der Waals surface area (Å²) in [5.74, 6) is 2.02. The van der Waals surface area contributed by atoms with Crippen LogP contribution in [0, 0.1) is 5.92 Å². The maximum atomic E-state index is 12.6. The van der Waals surface area contributed by atoms with Crippen LogP contribution in [0.2, 0.25) is 0 Å². The van der Waals surface area contributed by atoms with Crippen LogP contribution in [0.25, 0.3) is 0 Å². The predicted molar refractivity (Wildman–Crippen MR) is 87.1 cm³/mol. The molecule has 2 amide bonds. The fourth-order valence-electron chi connectivity index (χ4n) is 3.58. The van der Waals surface area contributed by atoms with E-state index in [-0.39, 0.29) is 30.2 Å². The Morgan fingerprint density at radius 3 is 3.16 bits per heavy atom. The van der Waals surface area contributed by atoms with E-state index in [0.717, 1.165) is 36.8 Å². The minimum atomic E-state index is -0.342. The smallest absolute Gasteiger partial charge is 0.226 e. The maximum Gasteiger partial charge on any atom is 0.226 e. The summed E-state index contributed by atoms with van der Waals surface area (Å²) in [5, 5.41) is 11.4. The molecule has 2 aliphatic rings. The molecule has 2 aromatic heterocycles. The Morgan fingerprint density at radius 2 is 2.36 bits per heavy atom. The molecule has 2 aliphatic heterocycles. The van der Waals surface area contributed by atoms with Crippen molar-refractivity contribution in [2.24, 2.45) is 5.92 Å². The van der Waals surface area contributed by atoms with E-state index in [1.807, 2.05) is 13.0 Å². The van der Waals surface area contributed by atoms with Crippen molar-refractivity contribution in [3.63, 3.8) is 0 Å². The van der Waals surface area contributed by atoms with Gasteiger partial charge in [0.1, 0.15) is 11.6 Å². The molecule has 0 bridgehead atoms. The van der Waals surface area contributed by atoms with E-state index in [4.69, 9.17) is 4.42 Å². The van der Waals surface area contributed by atoms with Gasteiger partial charge in [-0.3, -0.25) is 9.59 Å². The van der Waals surface area contributed by atoms with Gasteiger partial charge < -0.3 is 19.2 Å². The largest absolute Gasteiger partial charge is 0.467 e. The lowest BCUT2D eigenvalue weighted by Crippen LogP contribution is -2.35. The average molecular weight is 343 g/mol. The third-order valence-corrected chi connectivity index (χ3v) is 4.90. The Labute approximate surface area is 145 Å².